The third-order valence-corrected chi connectivity index (χ3v) is 7.27. The van der Waals surface area contributed by atoms with Crippen molar-refractivity contribution in [1.29, 1.82) is 0 Å². The van der Waals surface area contributed by atoms with E-state index in [-0.39, 0.29) is 12.0 Å². The summed E-state index contributed by atoms with van der Waals surface area (Å²) in [6, 6.07) is 15.8. The van der Waals surface area contributed by atoms with E-state index in [1.165, 1.54) is 0 Å². The maximum absolute atomic E-state index is 13.4. The van der Waals surface area contributed by atoms with Gasteiger partial charge in [0, 0.05) is 41.3 Å². The van der Waals surface area contributed by atoms with E-state index in [4.69, 9.17) is 9.47 Å². The van der Waals surface area contributed by atoms with Gasteiger partial charge < -0.3 is 14.4 Å². The lowest BCUT2D eigenvalue weighted by atomic mass is 10.1. The lowest BCUT2D eigenvalue weighted by molar-refractivity contribution is 0.0507. The zero-order chi connectivity index (χ0) is 22.3. The van der Waals surface area contributed by atoms with Crippen molar-refractivity contribution >= 4 is 29.0 Å². The van der Waals surface area contributed by atoms with Gasteiger partial charge in [-0.15, -0.1) is 23.1 Å². The van der Waals surface area contributed by atoms with Gasteiger partial charge in [-0.1, -0.05) is 12.1 Å². The Balaban J connectivity index is 1.45. The summed E-state index contributed by atoms with van der Waals surface area (Å²) in [4.78, 5) is 20.9. The van der Waals surface area contributed by atoms with E-state index in [2.05, 4.69) is 10.4 Å². The minimum Gasteiger partial charge on any atom is -0.497 e. The summed E-state index contributed by atoms with van der Waals surface area (Å²) in [5, 5.41) is 3.19. The van der Waals surface area contributed by atoms with Gasteiger partial charge >= 0.3 is 0 Å². The molecule has 7 heteroatoms. The second-order valence-electron chi connectivity index (χ2n) is 7.84. The lowest BCUT2D eigenvalue weighted by Gasteiger charge is -2.26. The van der Waals surface area contributed by atoms with Crippen LogP contribution >= 0.6 is 23.1 Å². The van der Waals surface area contributed by atoms with Gasteiger partial charge in [-0.3, -0.25) is 4.79 Å². The topological polar surface area (TPSA) is 51.7 Å². The van der Waals surface area contributed by atoms with Crippen LogP contribution in [0, 0.1) is 6.92 Å². The fourth-order valence-electron chi connectivity index (χ4n) is 3.75. The van der Waals surface area contributed by atoms with Crippen LogP contribution in [0.3, 0.4) is 0 Å². The Labute approximate surface area is 197 Å². The van der Waals surface area contributed by atoms with Gasteiger partial charge in [-0.25, -0.2) is 4.98 Å². The van der Waals surface area contributed by atoms with Gasteiger partial charge in [0.2, 0.25) is 0 Å². The molecular weight excluding hydrogens is 440 g/mol. The van der Waals surface area contributed by atoms with Crippen LogP contribution in [0.25, 0.3) is 0 Å². The highest BCUT2D eigenvalue weighted by Gasteiger charge is 2.24. The average Bonchev–Trinajstić information content (AvgIpc) is 3.49. The number of amides is 1. The fraction of sp³-hybridized carbons (Fsp3) is 0.360. The van der Waals surface area contributed by atoms with Crippen molar-refractivity contribution in [3.8, 4) is 5.75 Å². The molecule has 168 valence electrons. The van der Waals surface area contributed by atoms with E-state index in [0.29, 0.717) is 18.7 Å². The number of hydrogen-bond donors (Lipinski definition) is 0. The van der Waals surface area contributed by atoms with Crippen molar-refractivity contribution in [2.45, 2.75) is 43.1 Å². The van der Waals surface area contributed by atoms with Crippen LogP contribution in [0.15, 0.2) is 58.8 Å². The van der Waals surface area contributed by atoms with Crippen LogP contribution in [0.4, 0.5) is 0 Å². The first-order chi connectivity index (χ1) is 15.6. The average molecular weight is 469 g/mol. The number of ether oxygens (including phenoxy) is 2. The smallest absolute Gasteiger partial charge is 0.254 e. The summed E-state index contributed by atoms with van der Waals surface area (Å²) in [6.45, 7) is 3.91. The molecule has 32 heavy (non-hydrogen) atoms. The normalized spacial score (nSPS) is 15.6. The van der Waals surface area contributed by atoms with E-state index in [1.54, 1.807) is 30.2 Å². The number of hydrogen-bond acceptors (Lipinski definition) is 6. The molecule has 0 radical (unpaired) electrons. The molecule has 0 spiro atoms. The Kier molecular flexibility index (Phi) is 7.84. The standard InChI is InChI=1S/C25H28N2O3S2/c1-18-26-21(16-31-18)17-32-24-10-8-20(9-11-24)25(28)27(15-23-7-4-12-30-23)14-19-5-3-6-22(13-19)29-2/h3,5-6,8-11,13,16,23H,4,7,12,14-15,17H2,1-2H3. The second-order valence-corrected chi connectivity index (χ2v) is 9.95. The fourth-order valence-corrected chi connectivity index (χ4v) is 5.26. The zero-order valence-corrected chi connectivity index (χ0v) is 20.1. The Hall–Kier alpha value is -2.35. The van der Waals surface area contributed by atoms with E-state index >= 15 is 0 Å². The first-order valence-corrected chi connectivity index (χ1v) is 12.6. The van der Waals surface area contributed by atoms with Crippen molar-refractivity contribution < 1.29 is 14.3 Å². The van der Waals surface area contributed by atoms with Crippen LogP contribution in [0.1, 0.15) is 39.5 Å². The molecule has 5 nitrogen and oxygen atoms in total. The van der Waals surface area contributed by atoms with Gasteiger partial charge in [-0.05, 0) is 61.7 Å². The molecule has 1 aromatic heterocycles. The summed E-state index contributed by atoms with van der Waals surface area (Å²) < 4.78 is 11.2. The van der Waals surface area contributed by atoms with Gasteiger partial charge in [0.05, 0.1) is 23.9 Å². The Bertz CT molecular complexity index is 1030. The Morgan fingerprint density at radius 2 is 2.12 bits per heavy atom. The summed E-state index contributed by atoms with van der Waals surface area (Å²) in [5.41, 5.74) is 2.83. The largest absolute Gasteiger partial charge is 0.497 e. The minimum atomic E-state index is 0.0231. The predicted molar refractivity (Wildman–Crippen MR) is 130 cm³/mol. The molecule has 1 atom stereocenters. The number of aryl methyl sites for hydroxylation is 1. The molecule has 3 aromatic rings. The lowest BCUT2D eigenvalue weighted by Crippen LogP contribution is -2.37. The molecule has 2 heterocycles. The molecule has 0 bridgehead atoms. The summed E-state index contributed by atoms with van der Waals surface area (Å²) in [6.07, 6.45) is 2.14. The van der Waals surface area contributed by atoms with Crippen molar-refractivity contribution in [3.05, 3.63) is 75.7 Å². The van der Waals surface area contributed by atoms with Gasteiger partial charge in [0.1, 0.15) is 5.75 Å². The van der Waals surface area contributed by atoms with Crippen molar-refractivity contribution in [2.24, 2.45) is 0 Å². The van der Waals surface area contributed by atoms with Crippen LogP contribution in [-0.4, -0.2) is 42.2 Å². The molecule has 4 rings (SSSR count). The van der Waals surface area contributed by atoms with Gasteiger partial charge in [0.25, 0.3) is 5.91 Å². The molecule has 1 saturated heterocycles. The first-order valence-electron chi connectivity index (χ1n) is 10.8. The number of carbonyl (C=O) groups excluding carboxylic acids is 1. The number of thiazole rings is 1. The highest BCUT2D eigenvalue weighted by atomic mass is 32.2. The number of thioether (sulfide) groups is 1. The monoisotopic (exact) mass is 468 g/mol. The maximum atomic E-state index is 13.4. The van der Waals surface area contributed by atoms with E-state index in [0.717, 1.165) is 52.1 Å². The minimum absolute atomic E-state index is 0.0231. The summed E-state index contributed by atoms with van der Waals surface area (Å²) >= 11 is 3.41. The number of benzene rings is 2. The number of rotatable bonds is 9. The van der Waals surface area contributed by atoms with Gasteiger partial charge in [-0.2, -0.15) is 0 Å². The molecule has 1 aliphatic heterocycles. The molecule has 1 amide bonds. The Morgan fingerprint density at radius 3 is 2.81 bits per heavy atom. The van der Waals surface area contributed by atoms with E-state index < -0.39 is 0 Å². The highest BCUT2D eigenvalue weighted by Crippen LogP contribution is 2.25. The van der Waals surface area contributed by atoms with E-state index in [1.807, 2.05) is 60.4 Å². The maximum Gasteiger partial charge on any atom is 0.254 e. The molecular formula is C25H28N2O3S2. The van der Waals surface area contributed by atoms with Crippen LogP contribution < -0.4 is 4.74 Å². The Morgan fingerprint density at radius 1 is 1.28 bits per heavy atom. The number of nitrogens with zero attached hydrogens (tertiary/aromatic N) is 2. The molecule has 1 unspecified atom stereocenters. The van der Waals surface area contributed by atoms with Crippen LogP contribution in [0.2, 0.25) is 0 Å². The molecule has 0 aliphatic carbocycles. The second kappa shape index (κ2) is 11.0. The van der Waals surface area contributed by atoms with Crippen molar-refractivity contribution in [1.82, 2.24) is 9.88 Å². The quantitative estimate of drug-likeness (QED) is 0.384. The first kappa shape index (κ1) is 22.8. The van der Waals surface area contributed by atoms with Crippen molar-refractivity contribution in [3.63, 3.8) is 0 Å². The molecule has 0 N–H and O–H groups in total. The molecule has 1 aliphatic rings. The molecule has 0 saturated carbocycles. The third kappa shape index (κ3) is 6.12. The van der Waals surface area contributed by atoms with E-state index in [9.17, 15) is 4.79 Å². The van der Waals surface area contributed by atoms with Crippen molar-refractivity contribution in [2.75, 3.05) is 20.3 Å². The van der Waals surface area contributed by atoms with Gasteiger partial charge in [0.15, 0.2) is 0 Å². The number of aromatic nitrogens is 1. The molecule has 1 fully saturated rings. The number of carbonyl (C=O) groups is 1. The summed E-state index contributed by atoms with van der Waals surface area (Å²) in [7, 11) is 1.66. The third-order valence-electron chi connectivity index (χ3n) is 5.40. The predicted octanol–water partition coefficient (Wildman–Crippen LogP) is 5.57. The SMILES string of the molecule is COc1cccc(CN(CC2CCCO2)C(=O)c2ccc(SCc3csc(C)n3)cc2)c1. The van der Waals surface area contributed by atoms with Crippen LogP contribution in [0.5, 0.6) is 5.75 Å². The number of methoxy groups -OCH3 is 1. The van der Waals surface area contributed by atoms with Crippen LogP contribution in [-0.2, 0) is 17.0 Å². The highest BCUT2D eigenvalue weighted by molar-refractivity contribution is 7.98. The summed E-state index contributed by atoms with van der Waals surface area (Å²) in [5.74, 6) is 1.65. The molecule has 2 aromatic carbocycles. The zero-order valence-electron chi connectivity index (χ0n) is 18.5.